The number of rotatable bonds is 6. The molecule has 0 saturated carbocycles. The highest BCUT2D eigenvalue weighted by Gasteiger charge is 2.08. The molecule has 0 saturated heterocycles. The van der Waals surface area contributed by atoms with Crippen molar-refractivity contribution in [3.8, 4) is 0 Å². The van der Waals surface area contributed by atoms with Crippen LogP contribution in [0, 0.1) is 6.92 Å². The summed E-state index contributed by atoms with van der Waals surface area (Å²) in [5, 5.41) is 3.35. The third-order valence-electron chi connectivity index (χ3n) is 2.99. The molecule has 108 valence electrons. The first-order valence-electron chi connectivity index (χ1n) is 6.72. The van der Waals surface area contributed by atoms with E-state index in [2.05, 4.69) is 47.4 Å². The largest absolute Gasteiger partial charge is 0.355 e. The number of halogens is 1. The Bertz CT molecular complexity index is 568. The van der Waals surface area contributed by atoms with Crippen molar-refractivity contribution >= 4 is 28.8 Å². The summed E-state index contributed by atoms with van der Waals surface area (Å²) in [5.41, 5.74) is 2.32. The molecule has 1 N–H and O–H groups in total. The minimum Gasteiger partial charge on any atom is -0.355 e. The molecule has 0 aliphatic rings. The number of aromatic nitrogens is 1. The summed E-state index contributed by atoms with van der Waals surface area (Å²) < 4.78 is 0.832. The first kappa shape index (κ1) is 15.3. The maximum absolute atomic E-state index is 5.97. The van der Waals surface area contributed by atoms with Crippen LogP contribution in [0.5, 0.6) is 0 Å². The van der Waals surface area contributed by atoms with Crippen LogP contribution in [-0.4, -0.2) is 18.6 Å². The van der Waals surface area contributed by atoms with Crippen molar-refractivity contribution in [3.05, 3.63) is 44.7 Å². The van der Waals surface area contributed by atoms with Gasteiger partial charge in [-0.15, -0.1) is 11.3 Å². The number of anilines is 1. The molecule has 2 rings (SSSR count). The van der Waals surface area contributed by atoms with Gasteiger partial charge in [0.25, 0.3) is 0 Å². The third-order valence-corrected chi connectivity index (χ3v) is 4.21. The van der Waals surface area contributed by atoms with Crippen molar-refractivity contribution in [2.75, 3.05) is 18.5 Å². The smallest absolute Gasteiger partial charge is 0.129 e. The molecule has 20 heavy (non-hydrogen) atoms. The highest BCUT2D eigenvalue weighted by Crippen LogP contribution is 2.24. The molecule has 5 heteroatoms. The van der Waals surface area contributed by atoms with E-state index < -0.39 is 0 Å². The number of hydrogen-bond acceptors (Lipinski definition) is 4. The molecule has 3 nitrogen and oxygen atoms in total. The Morgan fingerprint density at radius 3 is 2.80 bits per heavy atom. The van der Waals surface area contributed by atoms with Crippen LogP contribution in [0.4, 0.5) is 5.82 Å². The van der Waals surface area contributed by atoms with Gasteiger partial charge in [0.2, 0.25) is 0 Å². The van der Waals surface area contributed by atoms with E-state index in [0.29, 0.717) is 0 Å². The standard InChI is InChI=1S/C15H20ClN3S/c1-4-17-9-12-7-11(2)18-15(8-12)19(3)10-13-5-6-14(16)20-13/h5-8,17H,4,9-10H2,1-3H3. The van der Waals surface area contributed by atoms with Crippen LogP contribution in [0.15, 0.2) is 24.3 Å². The van der Waals surface area contributed by atoms with Gasteiger partial charge in [0, 0.05) is 24.2 Å². The zero-order chi connectivity index (χ0) is 14.5. The van der Waals surface area contributed by atoms with Gasteiger partial charge in [-0.25, -0.2) is 4.98 Å². The maximum Gasteiger partial charge on any atom is 0.129 e. The van der Waals surface area contributed by atoms with Crippen molar-refractivity contribution in [2.24, 2.45) is 0 Å². The number of pyridine rings is 1. The second-order valence-corrected chi connectivity index (χ2v) is 6.62. The maximum atomic E-state index is 5.97. The summed E-state index contributed by atoms with van der Waals surface area (Å²) >= 11 is 7.59. The lowest BCUT2D eigenvalue weighted by atomic mass is 10.2. The van der Waals surface area contributed by atoms with E-state index >= 15 is 0 Å². The van der Waals surface area contributed by atoms with Gasteiger partial charge in [0.15, 0.2) is 0 Å². The van der Waals surface area contributed by atoms with Crippen molar-refractivity contribution in [1.29, 1.82) is 0 Å². The molecule has 0 fully saturated rings. The van der Waals surface area contributed by atoms with Crippen molar-refractivity contribution in [3.63, 3.8) is 0 Å². The second-order valence-electron chi connectivity index (χ2n) is 4.82. The van der Waals surface area contributed by atoms with Gasteiger partial charge >= 0.3 is 0 Å². The lowest BCUT2D eigenvalue weighted by Gasteiger charge is -2.19. The SMILES string of the molecule is CCNCc1cc(C)nc(N(C)Cc2ccc(Cl)s2)c1. The number of thiophene rings is 1. The molecule has 0 aromatic carbocycles. The molecule has 0 aliphatic carbocycles. The van der Waals surface area contributed by atoms with Gasteiger partial charge < -0.3 is 10.2 Å². The minimum absolute atomic E-state index is 0.828. The molecule has 0 amide bonds. The molecular weight excluding hydrogens is 290 g/mol. The molecule has 0 radical (unpaired) electrons. The molecule has 2 aromatic heterocycles. The summed E-state index contributed by atoms with van der Waals surface area (Å²) in [6.45, 7) is 6.83. The molecule has 2 aromatic rings. The van der Waals surface area contributed by atoms with E-state index in [1.807, 2.05) is 13.0 Å². The lowest BCUT2D eigenvalue weighted by molar-refractivity contribution is 0.724. The van der Waals surface area contributed by atoms with Crippen LogP contribution in [0.25, 0.3) is 0 Å². The van der Waals surface area contributed by atoms with Crippen LogP contribution in [0.3, 0.4) is 0 Å². The number of hydrogen-bond donors (Lipinski definition) is 1. The summed E-state index contributed by atoms with van der Waals surface area (Å²) in [6.07, 6.45) is 0. The number of aryl methyl sites for hydroxylation is 1. The second kappa shape index (κ2) is 7.07. The van der Waals surface area contributed by atoms with E-state index in [0.717, 1.165) is 35.5 Å². The molecule has 2 heterocycles. The average molecular weight is 310 g/mol. The quantitative estimate of drug-likeness (QED) is 0.878. The summed E-state index contributed by atoms with van der Waals surface area (Å²) in [7, 11) is 2.06. The number of nitrogens with zero attached hydrogens (tertiary/aromatic N) is 2. The van der Waals surface area contributed by atoms with Gasteiger partial charge in [-0.05, 0) is 43.3 Å². The number of nitrogens with one attached hydrogen (secondary N) is 1. The fourth-order valence-corrected chi connectivity index (χ4v) is 3.18. The van der Waals surface area contributed by atoms with Gasteiger partial charge in [-0.2, -0.15) is 0 Å². The lowest BCUT2D eigenvalue weighted by Crippen LogP contribution is -2.18. The fraction of sp³-hybridized carbons (Fsp3) is 0.400. The normalized spacial score (nSPS) is 10.8. The van der Waals surface area contributed by atoms with Crippen LogP contribution < -0.4 is 10.2 Å². The highest BCUT2D eigenvalue weighted by molar-refractivity contribution is 7.16. The van der Waals surface area contributed by atoms with Gasteiger partial charge in [-0.1, -0.05) is 18.5 Å². The van der Waals surface area contributed by atoms with Crippen LogP contribution in [0.1, 0.15) is 23.1 Å². The Kier molecular flexibility index (Phi) is 5.40. The summed E-state index contributed by atoms with van der Waals surface area (Å²) in [6, 6.07) is 8.28. The Labute approximate surface area is 129 Å². The predicted octanol–water partition coefficient (Wildman–Crippen LogP) is 3.85. The van der Waals surface area contributed by atoms with Gasteiger partial charge in [0.1, 0.15) is 5.82 Å². The summed E-state index contributed by atoms with van der Waals surface area (Å²) in [4.78, 5) is 8.02. The first-order chi connectivity index (χ1) is 9.58. The molecule has 0 atom stereocenters. The Morgan fingerprint density at radius 2 is 2.15 bits per heavy atom. The molecule has 0 aliphatic heterocycles. The van der Waals surface area contributed by atoms with E-state index in [-0.39, 0.29) is 0 Å². The van der Waals surface area contributed by atoms with Crippen LogP contribution in [-0.2, 0) is 13.1 Å². The fourth-order valence-electron chi connectivity index (χ4n) is 2.04. The minimum atomic E-state index is 0.828. The van der Waals surface area contributed by atoms with E-state index in [1.165, 1.54) is 10.4 Å². The monoisotopic (exact) mass is 309 g/mol. The zero-order valence-corrected chi connectivity index (χ0v) is 13.7. The molecule has 0 bridgehead atoms. The highest BCUT2D eigenvalue weighted by atomic mass is 35.5. The predicted molar refractivity (Wildman–Crippen MR) is 87.8 cm³/mol. The van der Waals surface area contributed by atoms with Crippen molar-refractivity contribution < 1.29 is 0 Å². The Balaban J connectivity index is 2.12. The van der Waals surface area contributed by atoms with E-state index in [4.69, 9.17) is 11.6 Å². The van der Waals surface area contributed by atoms with E-state index in [1.54, 1.807) is 11.3 Å². The van der Waals surface area contributed by atoms with Gasteiger partial charge in [0.05, 0.1) is 10.9 Å². The van der Waals surface area contributed by atoms with Crippen molar-refractivity contribution in [1.82, 2.24) is 10.3 Å². The molecule has 0 spiro atoms. The third kappa shape index (κ3) is 4.20. The Morgan fingerprint density at radius 1 is 1.35 bits per heavy atom. The van der Waals surface area contributed by atoms with Crippen LogP contribution >= 0.6 is 22.9 Å². The molecule has 0 unspecified atom stereocenters. The van der Waals surface area contributed by atoms with Crippen molar-refractivity contribution in [2.45, 2.75) is 26.9 Å². The van der Waals surface area contributed by atoms with Gasteiger partial charge in [-0.3, -0.25) is 0 Å². The summed E-state index contributed by atoms with van der Waals surface area (Å²) in [5.74, 6) is 1.00. The van der Waals surface area contributed by atoms with Crippen LogP contribution in [0.2, 0.25) is 4.34 Å². The zero-order valence-electron chi connectivity index (χ0n) is 12.1. The average Bonchev–Trinajstić information content (AvgIpc) is 2.81. The van der Waals surface area contributed by atoms with E-state index in [9.17, 15) is 0 Å². The first-order valence-corrected chi connectivity index (χ1v) is 7.91. The molecular formula is C15H20ClN3S. The topological polar surface area (TPSA) is 28.2 Å². The Hall–Kier alpha value is -1.10.